The van der Waals surface area contributed by atoms with E-state index in [1.807, 2.05) is 0 Å². The van der Waals surface area contributed by atoms with Gasteiger partial charge in [-0.25, -0.2) is 0 Å². The molecule has 0 aromatic rings. The summed E-state index contributed by atoms with van der Waals surface area (Å²) >= 11 is 0. The van der Waals surface area contributed by atoms with E-state index >= 15 is 0 Å². The zero-order valence-corrected chi connectivity index (χ0v) is 38.8. The molecule has 0 rings (SSSR count). The zero-order chi connectivity index (χ0) is 43.0. The molecule has 1 atom stereocenters. The monoisotopic (exact) mass is 825 g/mol. The van der Waals surface area contributed by atoms with Crippen molar-refractivity contribution in [1.29, 1.82) is 0 Å². The SMILES string of the molecule is CC\C=C/C=C\C=C/CCCCCCCCCC(=O)OCC(COC(=O)CCCCCCCCCCCCCC)OC(=O)CCCCCCCCC/C=C\C/C=C\CC. The van der Waals surface area contributed by atoms with Crippen molar-refractivity contribution >= 4 is 17.9 Å². The minimum atomic E-state index is -0.780. The molecule has 0 amide bonds. The van der Waals surface area contributed by atoms with Crippen LogP contribution in [0.2, 0.25) is 0 Å². The highest BCUT2D eigenvalue weighted by molar-refractivity contribution is 5.71. The lowest BCUT2D eigenvalue weighted by Gasteiger charge is -2.18. The maximum absolute atomic E-state index is 12.8. The summed E-state index contributed by atoms with van der Waals surface area (Å²) in [5, 5.41) is 0. The summed E-state index contributed by atoms with van der Waals surface area (Å²) in [6.07, 6.45) is 57.7. The summed E-state index contributed by atoms with van der Waals surface area (Å²) in [6.45, 7) is 6.39. The summed E-state index contributed by atoms with van der Waals surface area (Å²) in [7, 11) is 0. The molecule has 0 aliphatic rings. The first-order valence-corrected chi connectivity index (χ1v) is 24.8. The summed E-state index contributed by atoms with van der Waals surface area (Å²) < 4.78 is 16.8. The highest BCUT2D eigenvalue weighted by atomic mass is 16.6. The van der Waals surface area contributed by atoms with Crippen LogP contribution in [0, 0.1) is 0 Å². The van der Waals surface area contributed by atoms with E-state index in [-0.39, 0.29) is 31.1 Å². The van der Waals surface area contributed by atoms with E-state index in [4.69, 9.17) is 14.2 Å². The number of ether oxygens (including phenoxy) is 3. The van der Waals surface area contributed by atoms with Gasteiger partial charge in [-0.1, -0.05) is 216 Å². The van der Waals surface area contributed by atoms with Gasteiger partial charge in [0.2, 0.25) is 0 Å². The molecule has 0 aliphatic carbocycles. The van der Waals surface area contributed by atoms with Gasteiger partial charge in [0.15, 0.2) is 6.10 Å². The number of rotatable bonds is 44. The normalized spacial score (nSPS) is 12.5. The molecular weight excluding hydrogens is 733 g/mol. The van der Waals surface area contributed by atoms with Crippen LogP contribution in [0.3, 0.4) is 0 Å². The first-order valence-electron chi connectivity index (χ1n) is 24.8. The number of hydrogen-bond donors (Lipinski definition) is 0. The van der Waals surface area contributed by atoms with E-state index in [1.165, 1.54) is 109 Å². The van der Waals surface area contributed by atoms with Crippen LogP contribution in [-0.2, 0) is 28.6 Å². The van der Waals surface area contributed by atoms with Gasteiger partial charge >= 0.3 is 17.9 Å². The van der Waals surface area contributed by atoms with Crippen molar-refractivity contribution in [2.24, 2.45) is 0 Å². The fraction of sp³-hybridized carbons (Fsp3) is 0.755. The van der Waals surface area contributed by atoms with Crippen molar-refractivity contribution in [1.82, 2.24) is 0 Å². The summed E-state index contributed by atoms with van der Waals surface area (Å²) in [4.78, 5) is 37.9. The topological polar surface area (TPSA) is 78.9 Å². The lowest BCUT2D eigenvalue weighted by molar-refractivity contribution is -0.167. The number of unbranched alkanes of at least 4 members (excludes halogenated alkanes) is 25. The molecule has 1 unspecified atom stereocenters. The molecule has 0 spiro atoms. The van der Waals surface area contributed by atoms with Crippen LogP contribution in [0.4, 0.5) is 0 Å². The van der Waals surface area contributed by atoms with Crippen LogP contribution in [0.15, 0.2) is 60.8 Å². The predicted octanol–water partition coefficient (Wildman–Crippen LogP) is 16.1. The Kier molecular flexibility index (Phi) is 45.4. The molecule has 0 saturated carbocycles. The molecule has 340 valence electrons. The second kappa shape index (κ2) is 47.8. The van der Waals surface area contributed by atoms with E-state index in [0.717, 1.165) is 89.9 Å². The molecule has 0 fully saturated rings. The fourth-order valence-corrected chi connectivity index (χ4v) is 6.89. The second-order valence-corrected chi connectivity index (χ2v) is 16.4. The highest BCUT2D eigenvalue weighted by Crippen LogP contribution is 2.15. The van der Waals surface area contributed by atoms with Gasteiger partial charge < -0.3 is 14.2 Å². The number of hydrogen-bond acceptors (Lipinski definition) is 6. The van der Waals surface area contributed by atoms with Crippen molar-refractivity contribution < 1.29 is 28.6 Å². The van der Waals surface area contributed by atoms with Gasteiger partial charge in [-0.2, -0.15) is 0 Å². The van der Waals surface area contributed by atoms with Crippen molar-refractivity contribution in [3.63, 3.8) is 0 Å². The molecule has 0 aromatic carbocycles. The van der Waals surface area contributed by atoms with Gasteiger partial charge in [-0.3, -0.25) is 14.4 Å². The predicted molar refractivity (Wildman–Crippen MR) is 251 cm³/mol. The Morgan fingerprint density at radius 1 is 0.373 bits per heavy atom. The van der Waals surface area contributed by atoms with Gasteiger partial charge in [-0.05, 0) is 64.2 Å². The smallest absolute Gasteiger partial charge is 0.306 e. The van der Waals surface area contributed by atoms with E-state index < -0.39 is 6.10 Å². The maximum atomic E-state index is 12.8. The van der Waals surface area contributed by atoms with Crippen LogP contribution >= 0.6 is 0 Å². The fourth-order valence-electron chi connectivity index (χ4n) is 6.89. The zero-order valence-electron chi connectivity index (χ0n) is 38.8. The van der Waals surface area contributed by atoms with Crippen LogP contribution < -0.4 is 0 Å². The molecule has 0 radical (unpaired) electrons. The molecule has 0 heterocycles. The summed E-state index contributed by atoms with van der Waals surface area (Å²) in [6, 6.07) is 0. The van der Waals surface area contributed by atoms with Gasteiger partial charge in [0.05, 0.1) is 0 Å². The minimum Gasteiger partial charge on any atom is -0.462 e. The van der Waals surface area contributed by atoms with Crippen molar-refractivity contribution in [2.45, 2.75) is 245 Å². The maximum Gasteiger partial charge on any atom is 0.306 e. The Labute approximate surface area is 364 Å². The van der Waals surface area contributed by atoms with Crippen molar-refractivity contribution in [3.8, 4) is 0 Å². The van der Waals surface area contributed by atoms with Crippen molar-refractivity contribution in [2.75, 3.05) is 13.2 Å². The Morgan fingerprint density at radius 3 is 1.20 bits per heavy atom. The third kappa shape index (κ3) is 46.0. The number of carbonyl (C=O) groups is 3. The van der Waals surface area contributed by atoms with Crippen LogP contribution in [0.5, 0.6) is 0 Å². The minimum absolute atomic E-state index is 0.0798. The molecule has 59 heavy (non-hydrogen) atoms. The van der Waals surface area contributed by atoms with Gasteiger partial charge in [0.25, 0.3) is 0 Å². The Morgan fingerprint density at radius 2 is 0.746 bits per heavy atom. The van der Waals surface area contributed by atoms with Crippen LogP contribution in [0.25, 0.3) is 0 Å². The molecule has 0 saturated heterocycles. The largest absolute Gasteiger partial charge is 0.462 e. The lowest BCUT2D eigenvalue weighted by atomic mass is 10.0. The molecule has 6 nitrogen and oxygen atoms in total. The van der Waals surface area contributed by atoms with E-state index in [2.05, 4.69) is 81.5 Å². The molecule has 6 heteroatoms. The summed E-state index contributed by atoms with van der Waals surface area (Å²) in [5.41, 5.74) is 0. The second-order valence-electron chi connectivity index (χ2n) is 16.4. The molecule has 0 aliphatic heterocycles. The van der Waals surface area contributed by atoms with Crippen LogP contribution in [0.1, 0.15) is 239 Å². The van der Waals surface area contributed by atoms with E-state index in [9.17, 15) is 14.4 Å². The first kappa shape index (κ1) is 56.1. The number of esters is 3. The highest BCUT2D eigenvalue weighted by Gasteiger charge is 2.19. The van der Waals surface area contributed by atoms with Gasteiger partial charge in [0, 0.05) is 19.3 Å². The Balaban J connectivity index is 4.39. The first-order chi connectivity index (χ1) is 29.0. The third-order valence-corrected chi connectivity index (χ3v) is 10.6. The van der Waals surface area contributed by atoms with Gasteiger partial charge in [-0.15, -0.1) is 0 Å². The average Bonchev–Trinajstić information content (AvgIpc) is 3.23. The quantitative estimate of drug-likeness (QED) is 0.0200. The molecule has 0 N–H and O–H groups in total. The number of carbonyl (C=O) groups excluding carboxylic acids is 3. The standard InChI is InChI=1S/C53H92O6/c1-4-7-10-13-16-19-22-25-27-29-31-34-37-40-43-46-52(55)58-49-50(48-57-51(54)45-42-39-36-33-30-24-21-18-15-12-9-6-3)59-53(56)47-44-41-38-35-32-28-26-23-20-17-14-11-8-5-2/h7-8,10-11,13,16-17,19-20,22,50H,4-6,9,12,14-15,18,21,23-49H2,1-3H3/b10-7-,11-8-,16-13-,20-17-,22-19-. The lowest BCUT2D eigenvalue weighted by Crippen LogP contribution is -2.30. The van der Waals surface area contributed by atoms with E-state index in [0.29, 0.717) is 19.3 Å². The molecule has 0 bridgehead atoms. The Hall–Kier alpha value is -2.89. The molecular formula is C53H92O6. The average molecular weight is 825 g/mol. The van der Waals surface area contributed by atoms with Crippen molar-refractivity contribution in [3.05, 3.63) is 60.8 Å². The summed E-state index contributed by atoms with van der Waals surface area (Å²) in [5.74, 6) is -0.898. The molecule has 0 aromatic heterocycles. The van der Waals surface area contributed by atoms with E-state index in [1.54, 1.807) is 0 Å². The van der Waals surface area contributed by atoms with Gasteiger partial charge in [0.1, 0.15) is 13.2 Å². The van der Waals surface area contributed by atoms with Crippen LogP contribution in [-0.4, -0.2) is 37.2 Å². The Bertz CT molecular complexity index is 1090. The number of allylic oxidation sites excluding steroid dienone is 10. The third-order valence-electron chi connectivity index (χ3n) is 10.6.